The molecule has 224 valence electrons. The largest absolute Gasteiger partial charge is 0.497 e. The molecule has 1 saturated carbocycles. The van der Waals surface area contributed by atoms with E-state index >= 15 is 0 Å². The van der Waals surface area contributed by atoms with Gasteiger partial charge >= 0.3 is 6.09 Å². The van der Waals surface area contributed by atoms with Crippen LogP contribution in [-0.4, -0.2) is 73.0 Å². The molecule has 1 saturated heterocycles. The van der Waals surface area contributed by atoms with E-state index in [4.69, 9.17) is 18.9 Å². The second kappa shape index (κ2) is 13.9. The molecule has 2 fully saturated rings. The lowest BCUT2D eigenvalue weighted by Crippen LogP contribution is -2.51. The van der Waals surface area contributed by atoms with E-state index in [0.717, 1.165) is 5.75 Å². The summed E-state index contributed by atoms with van der Waals surface area (Å²) in [5, 5.41) is 0. The number of benzene rings is 2. The van der Waals surface area contributed by atoms with E-state index in [1.165, 1.54) is 6.07 Å². The van der Waals surface area contributed by atoms with Crippen LogP contribution >= 0.6 is 15.9 Å². The number of nitrogens with zero attached hydrogens (tertiary/aromatic N) is 2. The van der Waals surface area contributed by atoms with Crippen molar-refractivity contribution in [2.75, 3.05) is 33.4 Å². The van der Waals surface area contributed by atoms with E-state index in [1.807, 2.05) is 49.9 Å². The Labute approximate surface area is 250 Å². The Morgan fingerprint density at radius 1 is 1.07 bits per heavy atom. The topological polar surface area (TPSA) is 77.5 Å². The average Bonchev–Trinajstić information content (AvgIpc) is 2.95. The van der Waals surface area contributed by atoms with Gasteiger partial charge in [-0.2, -0.15) is 0 Å². The first-order chi connectivity index (χ1) is 19.5. The smallest absolute Gasteiger partial charge is 0.410 e. The highest BCUT2D eigenvalue weighted by molar-refractivity contribution is 9.10. The molecule has 0 unspecified atom stereocenters. The number of carbonyl (C=O) groups is 2. The summed E-state index contributed by atoms with van der Waals surface area (Å²) in [7, 11) is 1.62. The zero-order valence-corrected chi connectivity index (χ0v) is 25.8. The fourth-order valence-corrected chi connectivity index (χ4v) is 5.60. The Balaban J connectivity index is 1.33. The van der Waals surface area contributed by atoms with Crippen molar-refractivity contribution in [3.8, 4) is 11.5 Å². The van der Waals surface area contributed by atoms with Crippen molar-refractivity contribution in [1.29, 1.82) is 0 Å². The Hall–Kier alpha value is -2.85. The first-order valence-electron chi connectivity index (χ1n) is 14.1. The minimum atomic E-state index is -0.676. The van der Waals surface area contributed by atoms with Gasteiger partial charge in [0.1, 0.15) is 35.6 Å². The molecule has 2 aromatic rings. The Bertz CT molecular complexity index is 1180. The molecule has 2 aliphatic rings. The van der Waals surface area contributed by atoms with Gasteiger partial charge in [-0.05, 0) is 82.9 Å². The summed E-state index contributed by atoms with van der Waals surface area (Å²) in [6.07, 6.45) is 1.90. The van der Waals surface area contributed by atoms with E-state index in [0.29, 0.717) is 67.8 Å². The van der Waals surface area contributed by atoms with Crippen molar-refractivity contribution in [3.63, 3.8) is 0 Å². The molecule has 2 aromatic carbocycles. The van der Waals surface area contributed by atoms with Crippen LogP contribution in [0.1, 0.15) is 52.0 Å². The Kier molecular flexibility index (Phi) is 10.5. The molecule has 2 amide bonds. The third kappa shape index (κ3) is 8.82. The molecule has 0 N–H and O–H groups in total. The molecule has 1 atom stereocenters. The lowest BCUT2D eigenvalue weighted by molar-refractivity contribution is -0.145. The van der Waals surface area contributed by atoms with Crippen LogP contribution in [0, 0.1) is 11.7 Å². The summed E-state index contributed by atoms with van der Waals surface area (Å²) in [6.45, 7) is 7.38. The highest BCUT2D eigenvalue weighted by Crippen LogP contribution is 2.32. The van der Waals surface area contributed by atoms with Gasteiger partial charge in [-0.15, -0.1) is 0 Å². The molecule has 0 spiro atoms. The Morgan fingerprint density at radius 2 is 1.76 bits per heavy atom. The summed E-state index contributed by atoms with van der Waals surface area (Å²) in [5.41, 5.74) is -0.251. The quantitative estimate of drug-likeness (QED) is 0.344. The van der Waals surface area contributed by atoms with E-state index in [1.54, 1.807) is 24.1 Å². The van der Waals surface area contributed by atoms with Crippen LogP contribution in [0.25, 0.3) is 0 Å². The number of methoxy groups -OCH3 is 1. The third-order valence-electron chi connectivity index (χ3n) is 7.42. The molecule has 0 bridgehead atoms. The number of hydrogen-bond donors (Lipinski definition) is 0. The molecule has 1 aliphatic heterocycles. The van der Waals surface area contributed by atoms with Crippen LogP contribution in [-0.2, 0) is 20.8 Å². The zero-order chi connectivity index (χ0) is 29.6. The lowest BCUT2D eigenvalue weighted by Gasteiger charge is -2.39. The van der Waals surface area contributed by atoms with Gasteiger partial charge < -0.3 is 28.7 Å². The second-order valence-corrected chi connectivity index (χ2v) is 12.5. The number of halogens is 2. The standard InChI is InChI=1S/C31H40BrFN2O6/c1-31(2,3)41-30(37)35(18-22-5-8-23(32)17-28(22)33)24-9-6-21(7-10-24)29(36)34-15-16-39-27(19-34)20-40-26-13-11-25(38-4)12-14-26/h5,8,11-14,17,21,24,27H,6-7,9-10,15-16,18-20H2,1-4H3/t21?,24?,27-/m1/s1. The van der Waals surface area contributed by atoms with E-state index in [-0.39, 0.29) is 36.3 Å². The van der Waals surface area contributed by atoms with E-state index in [2.05, 4.69) is 15.9 Å². The lowest BCUT2D eigenvalue weighted by atomic mass is 9.84. The van der Waals surface area contributed by atoms with E-state index < -0.39 is 11.7 Å². The molecular formula is C31H40BrFN2O6. The van der Waals surface area contributed by atoms with Crippen molar-refractivity contribution in [2.24, 2.45) is 5.92 Å². The summed E-state index contributed by atoms with van der Waals surface area (Å²) in [6, 6.07) is 12.1. The predicted molar refractivity (Wildman–Crippen MR) is 156 cm³/mol. The number of ether oxygens (including phenoxy) is 4. The maximum absolute atomic E-state index is 14.7. The van der Waals surface area contributed by atoms with Crippen molar-refractivity contribution in [1.82, 2.24) is 9.80 Å². The first kappa shape index (κ1) is 31.1. The fourth-order valence-electron chi connectivity index (χ4n) is 5.27. The zero-order valence-electron chi connectivity index (χ0n) is 24.2. The van der Waals surface area contributed by atoms with Gasteiger partial charge in [-0.3, -0.25) is 4.79 Å². The number of hydrogen-bond acceptors (Lipinski definition) is 6. The number of morpholine rings is 1. The maximum Gasteiger partial charge on any atom is 0.410 e. The SMILES string of the molecule is COc1ccc(OC[C@H]2CN(C(=O)C3CCC(N(Cc4ccc(Br)cc4F)C(=O)OC(C)(C)C)CC3)CCO2)cc1. The van der Waals surface area contributed by atoms with Crippen LogP contribution < -0.4 is 9.47 Å². The molecule has 41 heavy (non-hydrogen) atoms. The van der Waals surface area contributed by atoms with Gasteiger partial charge in [0.2, 0.25) is 5.91 Å². The van der Waals surface area contributed by atoms with Gasteiger partial charge in [-0.25, -0.2) is 9.18 Å². The van der Waals surface area contributed by atoms with Crippen LogP contribution in [0.2, 0.25) is 0 Å². The summed E-state index contributed by atoms with van der Waals surface area (Å²) in [5.74, 6) is 1.08. The molecule has 1 heterocycles. The minimum absolute atomic E-state index is 0.108. The van der Waals surface area contributed by atoms with Crippen molar-refractivity contribution >= 4 is 27.9 Å². The van der Waals surface area contributed by atoms with Gasteiger partial charge in [-0.1, -0.05) is 22.0 Å². The molecule has 0 radical (unpaired) electrons. The van der Waals surface area contributed by atoms with Crippen molar-refractivity contribution in [3.05, 3.63) is 58.3 Å². The van der Waals surface area contributed by atoms with Crippen LogP contribution in [0.5, 0.6) is 11.5 Å². The highest BCUT2D eigenvalue weighted by Gasteiger charge is 2.36. The number of amides is 2. The minimum Gasteiger partial charge on any atom is -0.497 e. The molecule has 10 heteroatoms. The van der Waals surface area contributed by atoms with Gasteiger partial charge in [0.25, 0.3) is 0 Å². The highest BCUT2D eigenvalue weighted by atomic mass is 79.9. The second-order valence-electron chi connectivity index (χ2n) is 11.6. The monoisotopic (exact) mass is 634 g/mol. The van der Waals surface area contributed by atoms with Crippen molar-refractivity contribution < 1.29 is 32.9 Å². The maximum atomic E-state index is 14.7. The normalized spacial score (nSPS) is 21.2. The van der Waals surface area contributed by atoms with Gasteiger partial charge in [0.05, 0.1) is 26.8 Å². The molecule has 4 rings (SSSR count). The summed E-state index contributed by atoms with van der Waals surface area (Å²) < 4.78 is 37.9. The number of rotatable bonds is 8. The first-order valence-corrected chi connectivity index (χ1v) is 14.9. The van der Waals surface area contributed by atoms with Gasteiger partial charge in [0.15, 0.2) is 0 Å². The van der Waals surface area contributed by atoms with Crippen LogP contribution in [0.3, 0.4) is 0 Å². The summed E-state index contributed by atoms with van der Waals surface area (Å²) >= 11 is 3.29. The van der Waals surface area contributed by atoms with Crippen molar-refractivity contribution in [2.45, 2.75) is 70.7 Å². The van der Waals surface area contributed by atoms with Gasteiger partial charge in [0, 0.05) is 28.5 Å². The average molecular weight is 636 g/mol. The predicted octanol–water partition coefficient (Wildman–Crippen LogP) is 6.20. The van der Waals surface area contributed by atoms with Crippen LogP contribution in [0.4, 0.5) is 9.18 Å². The number of carbonyl (C=O) groups excluding carboxylic acids is 2. The van der Waals surface area contributed by atoms with E-state index in [9.17, 15) is 14.0 Å². The van der Waals surface area contributed by atoms with Crippen LogP contribution in [0.15, 0.2) is 46.9 Å². The molecule has 0 aromatic heterocycles. The Morgan fingerprint density at radius 3 is 2.39 bits per heavy atom. The molecule has 1 aliphatic carbocycles. The molecule has 8 nitrogen and oxygen atoms in total. The fraction of sp³-hybridized carbons (Fsp3) is 0.548. The molecular weight excluding hydrogens is 595 g/mol. The third-order valence-corrected chi connectivity index (χ3v) is 7.91. The summed E-state index contributed by atoms with van der Waals surface area (Å²) in [4.78, 5) is 30.2.